The van der Waals surface area contributed by atoms with Crippen LogP contribution in [0.15, 0.2) is 42.7 Å². The molecule has 0 aliphatic heterocycles. The van der Waals surface area contributed by atoms with Gasteiger partial charge < -0.3 is 5.11 Å². The summed E-state index contributed by atoms with van der Waals surface area (Å²) in [4.78, 5) is 16.1. The number of amides is 1. The number of carbonyl (C=O) groups excluding carboxylic acids is 1. The van der Waals surface area contributed by atoms with E-state index in [-0.39, 0.29) is 11.3 Å². The highest BCUT2D eigenvalue weighted by Gasteiger charge is 2.15. The zero-order valence-corrected chi connectivity index (χ0v) is 10.7. The maximum Gasteiger partial charge on any atom is 0.261 e. The zero-order chi connectivity index (χ0) is 14.1. The molecule has 0 atom stereocenters. The van der Waals surface area contributed by atoms with Crippen LogP contribution in [0.3, 0.4) is 0 Å². The van der Waals surface area contributed by atoms with Crippen LogP contribution in [0.2, 0.25) is 0 Å². The summed E-state index contributed by atoms with van der Waals surface area (Å²) in [7, 11) is 1.67. The normalized spacial score (nSPS) is 10.7. The van der Waals surface area contributed by atoms with Crippen LogP contribution in [0.4, 0.5) is 5.95 Å². The highest BCUT2D eigenvalue weighted by molar-refractivity contribution is 6.09. The van der Waals surface area contributed by atoms with Gasteiger partial charge in [-0.1, -0.05) is 30.3 Å². The fourth-order valence-electron chi connectivity index (χ4n) is 2.02. The molecule has 100 valence electrons. The Hall–Kier alpha value is -2.89. The molecular formula is C14H12N4O2. The van der Waals surface area contributed by atoms with Crippen LogP contribution < -0.4 is 5.32 Å². The van der Waals surface area contributed by atoms with Crippen molar-refractivity contribution >= 4 is 22.6 Å². The number of hydrogen-bond acceptors (Lipinski definition) is 4. The molecule has 1 heterocycles. The van der Waals surface area contributed by atoms with Gasteiger partial charge in [0.1, 0.15) is 12.1 Å². The number of aromatic nitrogens is 3. The van der Waals surface area contributed by atoms with Gasteiger partial charge in [0, 0.05) is 12.4 Å². The highest BCUT2D eigenvalue weighted by Crippen LogP contribution is 2.28. The van der Waals surface area contributed by atoms with E-state index in [0.717, 1.165) is 5.39 Å². The molecule has 20 heavy (non-hydrogen) atoms. The number of phenolic OH excluding ortho intramolecular Hbond substituents is 1. The molecule has 0 radical (unpaired) electrons. The molecule has 3 aromatic rings. The summed E-state index contributed by atoms with van der Waals surface area (Å²) in [5, 5.41) is 18.2. The van der Waals surface area contributed by atoms with E-state index in [4.69, 9.17) is 0 Å². The van der Waals surface area contributed by atoms with Gasteiger partial charge >= 0.3 is 0 Å². The van der Waals surface area contributed by atoms with Gasteiger partial charge in [0.2, 0.25) is 5.95 Å². The lowest BCUT2D eigenvalue weighted by atomic mass is 10.0. The van der Waals surface area contributed by atoms with Crippen LogP contribution >= 0.6 is 0 Å². The van der Waals surface area contributed by atoms with Gasteiger partial charge in [-0.25, -0.2) is 4.68 Å². The van der Waals surface area contributed by atoms with Crippen LogP contribution in [-0.4, -0.2) is 25.8 Å². The van der Waals surface area contributed by atoms with Gasteiger partial charge in [-0.05, 0) is 11.5 Å². The van der Waals surface area contributed by atoms with Crippen molar-refractivity contribution in [2.75, 3.05) is 5.32 Å². The van der Waals surface area contributed by atoms with E-state index in [1.54, 1.807) is 25.2 Å². The van der Waals surface area contributed by atoms with Gasteiger partial charge in [0.25, 0.3) is 5.91 Å². The first kappa shape index (κ1) is 12.2. The number of rotatable bonds is 2. The Morgan fingerprint density at radius 1 is 1.25 bits per heavy atom. The molecular weight excluding hydrogens is 256 g/mol. The first-order valence-electron chi connectivity index (χ1n) is 6.03. The number of carbonyl (C=O) groups is 1. The van der Waals surface area contributed by atoms with Crippen molar-refractivity contribution in [1.29, 1.82) is 0 Å². The Morgan fingerprint density at radius 3 is 2.80 bits per heavy atom. The molecule has 0 unspecified atom stereocenters. The number of aryl methyl sites for hydroxylation is 1. The third-order valence-corrected chi connectivity index (χ3v) is 3.08. The molecule has 0 bridgehead atoms. The second kappa shape index (κ2) is 4.65. The topological polar surface area (TPSA) is 80.0 Å². The van der Waals surface area contributed by atoms with E-state index in [2.05, 4.69) is 15.4 Å². The summed E-state index contributed by atoms with van der Waals surface area (Å²) >= 11 is 0. The lowest BCUT2D eigenvalue weighted by Crippen LogP contribution is -2.15. The number of fused-ring (bicyclic) bond motifs is 1. The number of aromatic hydroxyl groups is 1. The minimum absolute atomic E-state index is 0.0391. The molecule has 2 N–H and O–H groups in total. The predicted molar refractivity (Wildman–Crippen MR) is 74.6 cm³/mol. The van der Waals surface area contributed by atoms with Gasteiger partial charge in [0.05, 0.1) is 5.56 Å². The summed E-state index contributed by atoms with van der Waals surface area (Å²) in [5.74, 6) is -0.144. The number of nitrogens with zero attached hydrogens (tertiary/aromatic N) is 3. The van der Waals surface area contributed by atoms with E-state index in [0.29, 0.717) is 11.3 Å². The fourth-order valence-corrected chi connectivity index (χ4v) is 2.02. The number of anilines is 1. The monoisotopic (exact) mass is 268 g/mol. The highest BCUT2D eigenvalue weighted by atomic mass is 16.3. The quantitative estimate of drug-likeness (QED) is 0.744. The van der Waals surface area contributed by atoms with E-state index < -0.39 is 5.91 Å². The minimum Gasteiger partial charge on any atom is -0.506 e. The van der Waals surface area contributed by atoms with Gasteiger partial charge in [-0.3, -0.25) is 10.1 Å². The average Bonchev–Trinajstić information content (AvgIpc) is 2.85. The molecule has 6 nitrogen and oxygen atoms in total. The summed E-state index contributed by atoms with van der Waals surface area (Å²) in [6.45, 7) is 0. The molecule has 0 aliphatic rings. The van der Waals surface area contributed by atoms with Gasteiger partial charge in [-0.2, -0.15) is 10.1 Å². The molecule has 2 aromatic carbocycles. The Labute approximate surface area is 114 Å². The molecule has 3 rings (SSSR count). The number of phenols is 1. The molecule has 6 heteroatoms. The van der Waals surface area contributed by atoms with Crippen LogP contribution in [0.25, 0.3) is 10.8 Å². The summed E-state index contributed by atoms with van der Waals surface area (Å²) in [5.41, 5.74) is 0.201. The smallest absolute Gasteiger partial charge is 0.261 e. The molecule has 1 amide bonds. The maximum absolute atomic E-state index is 12.2. The van der Waals surface area contributed by atoms with Crippen molar-refractivity contribution in [3.05, 3.63) is 48.3 Å². The van der Waals surface area contributed by atoms with Gasteiger partial charge in [-0.15, -0.1) is 0 Å². The Morgan fingerprint density at radius 2 is 2.05 bits per heavy atom. The average molecular weight is 268 g/mol. The second-order valence-electron chi connectivity index (χ2n) is 4.34. The number of nitrogens with one attached hydrogen (secondary N) is 1. The van der Waals surface area contributed by atoms with E-state index in [1.165, 1.54) is 11.0 Å². The molecule has 0 spiro atoms. The first-order chi connectivity index (χ1) is 9.66. The van der Waals surface area contributed by atoms with Crippen LogP contribution in [0, 0.1) is 0 Å². The summed E-state index contributed by atoms with van der Waals surface area (Å²) < 4.78 is 1.44. The molecule has 0 saturated heterocycles. The van der Waals surface area contributed by atoms with E-state index in [1.807, 2.05) is 18.2 Å². The zero-order valence-electron chi connectivity index (χ0n) is 10.7. The third kappa shape index (κ3) is 1.97. The minimum atomic E-state index is -0.427. The summed E-state index contributed by atoms with van der Waals surface area (Å²) in [6, 6.07) is 10.7. The fraction of sp³-hybridized carbons (Fsp3) is 0.0714. The van der Waals surface area contributed by atoms with Crippen molar-refractivity contribution in [1.82, 2.24) is 14.8 Å². The largest absolute Gasteiger partial charge is 0.506 e. The molecule has 0 saturated carbocycles. The second-order valence-corrected chi connectivity index (χ2v) is 4.34. The predicted octanol–water partition coefficient (Wildman–Crippen LogP) is 1.93. The molecule has 0 fully saturated rings. The van der Waals surface area contributed by atoms with E-state index in [9.17, 15) is 9.90 Å². The van der Waals surface area contributed by atoms with Crippen molar-refractivity contribution in [2.24, 2.45) is 7.05 Å². The Bertz CT molecular complexity index is 795. The van der Waals surface area contributed by atoms with Crippen molar-refractivity contribution in [2.45, 2.75) is 0 Å². The van der Waals surface area contributed by atoms with Crippen LogP contribution in [-0.2, 0) is 7.05 Å². The van der Waals surface area contributed by atoms with E-state index >= 15 is 0 Å². The SMILES string of the molecule is Cn1ncnc1NC(=O)c1ccc2ccccc2c1O. The number of hydrogen-bond donors (Lipinski definition) is 2. The van der Waals surface area contributed by atoms with Crippen molar-refractivity contribution < 1.29 is 9.90 Å². The number of benzene rings is 2. The molecule has 1 aromatic heterocycles. The van der Waals surface area contributed by atoms with Crippen LogP contribution in [0.5, 0.6) is 5.75 Å². The summed E-state index contributed by atoms with van der Waals surface area (Å²) in [6.07, 6.45) is 1.34. The first-order valence-corrected chi connectivity index (χ1v) is 6.03. The molecule has 0 aliphatic carbocycles. The Kier molecular flexibility index (Phi) is 2.83. The standard InChI is InChI=1S/C14H12N4O2/c1-18-14(15-8-16-18)17-13(20)11-7-6-9-4-2-3-5-10(9)12(11)19/h2-8,19H,1H3,(H,15,16,17,20). The van der Waals surface area contributed by atoms with Gasteiger partial charge in [0.15, 0.2) is 0 Å². The van der Waals surface area contributed by atoms with Crippen molar-refractivity contribution in [3.63, 3.8) is 0 Å². The van der Waals surface area contributed by atoms with Crippen molar-refractivity contribution in [3.8, 4) is 5.75 Å². The van der Waals surface area contributed by atoms with Crippen LogP contribution in [0.1, 0.15) is 10.4 Å². The third-order valence-electron chi connectivity index (χ3n) is 3.08. The maximum atomic E-state index is 12.2. The lowest BCUT2D eigenvalue weighted by molar-refractivity contribution is 0.102. The lowest BCUT2D eigenvalue weighted by Gasteiger charge is -2.08. The Balaban J connectivity index is 2.00.